The quantitative estimate of drug-likeness (QED) is 0.672. The second-order valence-electron chi connectivity index (χ2n) is 5.18. The van der Waals surface area contributed by atoms with Gasteiger partial charge in [0.25, 0.3) is 0 Å². The monoisotopic (exact) mass is 203 g/mol. The van der Waals surface area contributed by atoms with Crippen molar-refractivity contribution >= 4 is 5.69 Å². The van der Waals surface area contributed by atoms with Gasteiger partial charge in [-0.3, -0.25) is 0 Å². The van der Waals surface area contributed by atoms with Gasteiger partial charge in [-0.2, -0.15) is 0 Å². The molecule has 0 bridgehead atoms. The van der Waals surface area contributed by atoms with Crippen LogP contribution in [-0.2, 0) is 0 Å². The van der Waals surface area contributed by atoms with Gasteiger partial charge in [0.05, 0.1) is 0 Å². The highest BCUT2D eigenvalue weighted by Gasteiger charge is 2.35. The minimum absolute atomic E-state index is 0.291. The molecule has 1 unspecified atom stereocenters. The van der Waals surface area contributed by atoms with Gasteiger partial charge in [-0.05, 0) is 44.7 Å². The molecule has 1 saturated heterocycles. The standard InChI is InChI=1S/C14H21N/c1-12-8-7-11-15(14(12,2)3)13-9-5-4-6-10-13/h4-6,9-10,12H,7-8,11H2,1-3H3. The Morgan fingerprint density at radius 2 is 1.87 bits per heavy atom. The zero-order valence-electron chi connectivity index (χ0n) is 10.0. The van der Waals surface area contributed by atoms with Crippen LogP contribution in [0.5, 0.6) is 0 Å². The summed E-state index contributed by atoms with van der Waals surface area (Å²) in [7, 11) is 0. The van der Waals surface area contributed by atoms with Crippen molar-refractivity contribution in [2.75, 3.05) is 11.4 Å². The Morgan fingerprint density at radius 1 is 1.20 bits per heavy atom. The first-order valence-electron chi connectivity index (χ1n) is 5.95. The fourth-order valence-corrected chi connectivity index (χ4v) is 2.53. The van der Waals surface area contributed by atoms with Crippen molar-refractivity contribution in [2.45, 2.75) is 39.2 Å². The summed E-state index contributed by atoms with van der Waals surface area (Å²) in [6.07, 6.45) is 2.68. The second-order valence-corrected chi connectivity index (χ2v) is 5.18. The van der Waals surface area contributed by atoms with Crippen LogP contribution in [-0.4, -0.2) is 12.1 Å². The van der Waals surface area contributed by atoms with E-state index in [1.54, 1.807) is 0 Å². The predicted molar refractivity (Wildman–Crippen MR) is 66.3 cm³/mol. The number of nitrogens with zero attached hydrogens (tertiary/aromatic N) is 1. The molecule has 0 aliphatic carbocycles. The Labute approximate surface area is 93.1 Å². The zero-order valence-corrected chi connectivity index (χ0v) is 10.0. The van der Waals surface area contributed by atoms with Crippen LogP contribution in [0.2, 0.25) is 0 Å². The number of hydrogen-bond acceptors (Lipinski definition) is 1. The first-order chi connectivity index (χ1) is 7.12. The number of benzene rings is 1. The van der Waals surface area contributed by atoms with Crippen LogP contribution in [0, 0.1) is 5.92 Å². The molecule has 1 aliphatic rings. The molecule has 1 aliphatic heterocycles. The molecule has 0 aromatic heterocycles. The molecule has 2 rings (SSSR count). The van der Waals surface area contributed by atoms with Crippen LogP contribution < -0.4 is 4.90 Å². The molecule has 1 heterocycles. The molecule has 1 fully saturated rings. The molecule has 1 heteroatoms. The maximum atomic E-state index is 2.56. The smallest absolute Gasteiger partial charge is 0.0371 e. The fraction of sp³-hybridized carbons (Fsp3) is 0.571. The summed E-state index contributed by atoms with van der Waals surface area (Å²) in [5, 5.41) is 0. The van der Waals surface area contributed by atoms with Crippen molar-refractivity contribution in [3.05, 3.63) is 30.3 Å². The van der Waals surface area contributed by atoms with E-state index in [-0.39, 0.29) is 0 Å². The summed E-state index contributed by atoms with van der Waals surface area (Å²) < 4.78 is 0. The molecule has 15 heavy (non-hydrogen) atoms. The molecule has 0 radical (unpaired) electrons. The van der Waals surface area contributed by atoms with Gasteiger partial charge in [0.15, 0.2) is 0 Å². The summed E-state index contributed by atoms with van der Waals surface area (Å²) in [4.78, 5) is 2.56. The van der Waals surface area contributed by atoms with E-state index >= 15 is 0 Å². The highest BCUT2D eigenvalue weighted by atomic mass is 15.2. The number of anilines is 1. The third-order valence-electron chi connectivity index (χ3n) is 3.99. The van der Waals surface area contributed by atoms with E-state index in [1.165, 1.54) is 25.1 Å². The summed E-state index contributed by atoms with van der Waals surface area (Å²) in [5.41, 5.74) is 1.66. The number of piperidine rings is 1. The molecule has 1 atom stereocenters. The summed E-state index contributed by atoms with van der Waals surface area (Å²) in [6.45, 7) is 8.30. The summed E-state index contributed by atoms with van der Waals surface area (Å²) in [5.74, 6) is 0.770. The summed E-state index contributed by atoms with van der Waals surface area (Å²) in [6, 6.07) is 10.8. The lowest BCUT2D eigenvalue weighted by atomic mass is 9.80. The van der Waals surface area contributed by atoms with Crippen molar-refractivity contribution in [3.63, 3.8) is 0 Å². The Morgan fingerprint density at radius 3 is 2.53 bits per heavy atom. The Bertz CT molecular complexity index is 315. The van der Waals surface area contributed by atoms with E-state index < -0.39 is 0 Å². The number of rotatable bonds is 1. The molecule has 1 aromatic carbocycles. The van der Waals surface area contributed by atoms with Crippen LogP contribution in [0.25, 0.3) is 0 Å². The maximum absolute atomic E-state index is 2.56. The molecule has 1 aromatic rings. The van der Waals surface area contributed by atoms with Crippen LogP contribution in [0.4, 0.5) is 5.69 Å². The summed E-state index contributed by atoms with van der Waals surface area (Å²) >= 11 is 0. The molecule has 82 valence electrons. The minimum Gasteiger partial charge on any atom is -0.366 e. The van der Waals surface area contributed by atoms with Crippen LogP contribution in [0.1, 0.15) is 33.6 Å². The number of hydrogen-bond donors (Lipinski definition) is 0. The lowest BCUT2D eigenvalue weighted by Gasteiger charge is -2.48. The minimum atomic E-state index is 0.291. The van der Waals surface area contributed by atoms with Gasteiger partial charge in [-0.1, -0.05) is 25.1 Å². The van der Waals surface area contributed by atoms with Crippen molar-refractivity contribution in [2.24, 2.45) is 5.92 Å². The topological polar surface area (TPSA) is 3.24 Å². The van der Waals surface area contributed by atoms with Gasteiger partial charge in [0, 0.05) is 17.8 Å². The van der Waals surface area contributed by atoms with Crippen LogP contribution in [0.3, 0.4) is 0 Å². The third kappa shape index (κ3) is 1.88. The SMILES string of the molecule is CC1CCCN(c2ccccc2)C1(C)C. The zero-order chi connectivity index (χ0) is 10.9. The maximum Gasteiger partial charge on any atom is 0.0371 e. The van der Waals surface area contributed by atoms with E-state index in [0.717, 1.165) is 5.92 Å². The molecule has 0 spiro atoms. The highest BCUT2D eigenvalue weighted by Crippen LogP contribution is 2.36. The fourth-order valence-electron chi connectivity index (χ4n) is 2.53. The molecular formula is C14H21N. The predicted octanol–water partition coefficient (Wildman–Crippen LogP) is 3.70. The largest absolute Gasteiger partial charge is 0.366 e. The van der Waals surface area contributed by atoms with Crippen molar-refractivity contribution < 1.29 is 0 Å². The third-order valence-corrected chi connectivity index (χ3v) is 3.99. The highest BCUT2D eigenvalue weighted by molar-refractivity contribution is 5.49. The van der Waals surface area contributed by atoms with E-state index in [9.17, 15) is 0 Å². The molecule has 1 nitrogen and oxygen atoms in total. The average molecular weight is 203 g/mol. The van der Waals surface area contributed by atoms with Gasteiger partial charge < -0.3 is 4.90 Å². The van der Waals surface area contributed by atoms with Gasteiger partial charge in [-0.15, -0.1) is 0 Å². The van der Waals surface area contributed by atoms with Crippen molar-refractivity contribution in [1.29, 1.82) is 0 Å². The number of para-hydroxylation sites is 1. The van der Waals surface area contributed by atoms with Gasteiger partial charge in [0.1, 0.15) is 0 Å². The van der Waals surface area contributed by atoms with Crippen molar-refractivity contribution in [1.82, 2.24) is 0 Å². The van der Waals surface area contributed by atoms with E-state index in [0.29, 0.717) is 5.54 Å². The molecule has 0 amide bonds. The normalized spacial score (nSPS) is 25.3. The van der Waals surface area contributed by atoms with E-state index in [2.05, 4.69) is 56.0 Å². The molecular weight excluding hydrogens is 182 g/mol. The van der Waals surface area contributed by atoms with Gasteiger partial charge >= 0.3 is 0 Å². The van der Waals surface area contributed by atoms with Crippen LogP contribution in [0.15, 0.2) is 30.3 Å². The second kappa shape index (κ2) is 3.88. The Hall–Kier alpha value is -0.980. The van der Waals surface area contributed by atoms with E-state index in [1.807, 2.05) is 0 Å². The average Bonchev–Trinajstić information content (AvgIpc) is 2.23. The molecule has 0 saturated carbocycles. The molecule has 0 N–H and O–H groups in total. The van der Waals surface area contributed by atoms with Crippen LogP contribution >= 0.6 is 0 Å². The Kier molecular flexibility index (Phi) is 2.72. The lowest BCUT2D eigenvalue weighted by Crippen LogP contribution is -2.52. The first-order valence-corrected chi connectivity index (χ1v) is 5.95. The van der Waals surface area contributed by atoms with E-state index in [4.69, 9.17) is 0 Å². The lowest BCUT2D eigenvalue weighted by molar-refractivity contribution is 0.258. The Balaban J connectivity index is 2.28. The van der Waals surface area contributed by atoms with Crippen molar-refractivity contribution in [3.8, 4) is 0 Å². The van der Waals surface area contributed by atoms with Gasteiger partial charge in [0.2, 0.25) is 0 Å². The van der Waals surface area contributed by atoms with Gasteiger partial charge in [-0.25, -0.2) is 0 Å². The first kappa shape index (κ1) is 10.5.